The summed E-state index contributed by atoms with van der Waals surface area (Å²) in [5, 5.41) is 8.53. The Morgan fingerprint density at radius 3 is 2.82 bits per heavy atom. The second-order valence-corrected chi connectivity index (χ2v) is 5.93. The highest BCUT2D eigenvalue weighted by Crippen LogP contribution is 2.25. The molecule has 5 heteroatoms. The van der Waals surface area contributed by atoms with Crippen LogP contribution in [-0.2, 0) is 17.6 Å². The fourth-order valence-electron chi connectivity index (χ4n) is 2.42. The molecule has 0 fully saturated rings. The third kappa shape index (κ3) is 7.14. The molecule has 0 saturated carbocycles. The van der Waals surface area contributed by atoms with Crippen LogP contribution in [0.15, 0.2) is 18.2 Å². The first-order valence-electron chi connectivity index (χ1n) is 7.84. The largest absolute Gasteiger partial charge is 0.494 e. The molecule has 0 radical (unpaired) electrons. The number of aliphatic carboxylic acids is 1. The molecule has 0 saturated heterocycles. The average Bonchev–Trinajstić information content (AvgIpc) is 2.47. The lowest BCUT2D eigenvalue weighted by molar-refractivity contribution is -0.137. The van der Waals surface area contributed by atoms with E-state index in [-0.39, 0.29) is 12.5 Å². The predicted molar refractivity (Wildman–Crippen MR) is 89.8 cm³/mol. The standard InChI is InChI=1S/C15H21NO3.C2H5Cl/c16-13-6-4-11-5-7-14(10-12(11)9-13)19-8-2-1-3-15(17)18;1-2-3/h5,7,10,13H,1-4,6,8-9,16H2,(H,17,18);2H2,1H3/t13-;/m0./s1. The van der Waals surface area contributed by atoms with E-state index < -0.39 is 5.97 Å². The molecule has 0 aromatic heterocycles. The van der Waals surface area contributed by atoms with Crippen LogP contribution >= 0.6 is 11.6 Å². The van der Waals surface area contributed by atoms with Gasteiger partial charge in [0.05, 0.1) is 6.61 Å². The Balaban J connectivity index is 0.000000745. The maximum Gasteiger partial charge on any atom is 0.303 e. The molecule has 1 atom stereocenters. The number of carboxylic acids is 1. The zero-order chi connectivity index (χ0) is 16.4. The normalized spacial score (nSPS) is 16.2. The number of carboxylic acid groups (broad SMARTS) is 1. The smallest absolute Gasteiger partial charge is 0.303 e. The van der Waals surface area contributed by atoms with Crippen LogP contribution in [0.1, 0.15) is 43.7 Å². The topological polar surface area (TPSA) is 72.5 Å². The summed E-state index contributed by atoms with van der Waals surface area (Å²) in [7, 11) is 0. The first-order valence-corrected chi connectivity index (χ1v) is 8.38. The van der Waals surface area contributed by atoms with Crippen molar-refractivity contribution >= 4 is 17.6 Å². The third-order valence-electron chi connectivity index (χ3n) is 3.50. The molecule has 0 spiro atoms. The quantitative estimate of drug-likeness (QED) is 0.620. The Morgan fingerprint density at radius 1 is 1.41 bits per heavy atom. The summed E-state index contributed by atoms with van der Waals surface area (Å²) in [5.74, 6) is 0.839. The van der Waals surface area contributed by atoms with Crippen LogP contribution in [0.3, 0.4) is 0 Å². The minimum absolute atomic E-state index is 0.211. The highest BCUT2D eigenvalue weighted by atomic mass is 35.5. The molecule has 1 aromatic rings. The van der Waals surface area contributed by atoms with E-state index in [4.69, 9.17) is 27.2 Å². The zero-order valence-corrected chi connectivity index (χ0v) is 13.9. The maximum atomic E-state index is 10.4. The van der Waals surface area contributed by atoms with Crippen molar-refractivity contribution in [2.24, 2.45) is 5.73 Å². The lowest BCUT2D eigenvalue weighted by Gasteiger charge is -2.22. The molecule has 3 N–H and O–H groups in total. The van der Waals surface area contributed by atoms with Crippen molar-refractivity contribution in [1.29, 1.82) is 0 Å². The van der Waals surface area contributed by atoms with Gasteiger partial charge in [-0.3, -0.25) is 4.79 Å². The predicted octanol–water partition coefficient (Wildman–Crippen LogP) is 3.38. The van der Waals surface area contributed by atoms with Crippen molar-refractivity contribution < 1.29 is 14.6 Å². The van der Waals surface area contributed by atoms with E-state index in [1.165, 1.54) is 11.1 Å². The molecule has 0 heterocycles. The number of fused-ring (bicyclic) bond motifs is 1. The Kier molecular flexibility index (Phi) is 8.94. The maximum absolute atomic E-state index is 10.4. The van der Waals surface area contributed by atoms with Gasteiger partial charge in [-0.1, -0.05) is 13.0 Å². The first-order chi connectivity index (χ1) is 10.6. The fourth-order valence-corrected chi connectivity index (χ4v) is 2.42. The van der Waals surface area contributed by atoms with E-state index in [2.05, 4.69) is 12.1 Å². The van der Waals surface area contributed by atoms with Gasteiger partial charge in [0.25, 0.3) is 0 Å². The molecule has 0 aliphatic heterocycles. The van der Waals surface area contributed by atoms with Gasteiger partial charge in [0.15, 0.2) is 0 Å². The molecule has 1 aliphatic carbocycles. The third-order valence-corrected chi connectivity index (χ3v) is 3.50. The molecule has 0 amide bonds. The van der Waals surface area contributed by atoms with Crippen molar-refractivity contribution in [2.75, 3.05) is 12.5 Å². The Hall–Kier alpha value is -1.26. The Labute approximate surface area is 137 Å². The Morgan fingerprint density at radius 2 is 2.14 bits per heavy atom. The van der Waals surface area contributed by atoms with Gasteiger partial charge >= 0.3 is 5.97 Å². The van der Waals surface area contributed by atoms with E-state index >= 15 is 0 Å². The van der Waals surface area contributed by atoms with Crippen molar-refractivity contribution in [2.45, 2.75) is 51.5 Å². The molecular formula is C17H26ClNO3. The van der Waals surface area contributed by atoms with Gasteiger partial charge in [-0.25, -0.2) is 0 Å². The number of hydrogen-bond donors (Lipinski definition) is 2. The molecule has 1 aromatic carbocycles. The van der Waals surface area contributed by atoms with Crippen LogP contribution in [0.4, 0.5) is 0 Å². The van der Waals surface area contributed by atoms with E-state index in [0.29, 0.717) is 13.0 Å². The molecule has 0 unspecified atom stereocenters. The molecule has 4 nitrogen and oxygen atoms in total. The van der Waals surface area contributed by atoms with Gasteiger partial charge in [-0.15, -0.1) is 11.6 Å². The minimum atomic E-state index is -0.747. The summed E-state index contributed by atoms with van der Waals surface area (Å²) in [6.45, 7) is 2.46. The van der Waals surface area contributed by atoms with E-state index in [1.807, 2.05) is 13.0 Å². The van der Waals surface area contributed by atoms with Gasteiger partial charge in [-0.05, 0) is 55.4 Å². The number of rotatable bonds is 6. The van der Waals surface area contributed by atoms with Crippen LogP contribution < -0.4 is 10.5 Å². The van der Waals surface area contributed by atoms with E-state index in [9.17, 15) is 4.79 Å². The average molecular weight is 328 g/mol. The summed E-state index contributed by atoms with van der Waals surface area (Å²) in [4.78, 5) is 10.4. The number of aryl methyl sites for hydroxylation is 1. The van der Waals surface area contributed by atoms with E-state index in [0.717, 1.165) is 37.3 Å². The number of ether oxygens (including phenoxy) is 1. The SMILES string of the molecule is CCCl.N[C@H]1CCc2ccc(OCCCCC(=O)O)cc2C1. The minimum Gasteiger partial charge on any atom is -0.494 e. The molecule has 2 rings (SSSR count). The van der Waals surface area contributed by atoms with Gasteiger partial charge in [0.2, 0.25) is 0 Å². The summed E-state index contributed by atoms with van der Waals surface area (Å²) >= 11 is 5.00. The van der Waals surface area contributed by atoms with Gasteiger partial charge in [-0.2, -0.15) is 0 Å². The lowest BCUT2D eigenvalue weighted by atomic mass is 9.89. The van der Waals surface area contributed by atoms with Crippen LogP contribution in [0.2, 0.25) is 0 Å². The lowest BCUT2D eigenvalue weighted by Crippen LogP contribution is -2.27. The van der Waals surface area contributed by atoms with Crippen molar-refractivity contribution in [3.05, 3.63) is 29.3 Å². The summed E-state index contributed by atoms with van der Waals surface area (Å²) in [6.07, 6.45) is 4.67. The van der Waals surface area contributed by atoms with Gasteiger partial charge in [0, 0.05) is 18.3 Å². The first kappa shape index (κ1) is 18.8. The van der Waals surface area contributed by atoms with Gasteiger partial charge < -0.3 is 15.6 Å². The van der Waals surface area contributed by atoms with Crippen molar-refractivity contribution in [3.63, 3.8) is 0 Å². The number of alkyl halides is 1. The molecule has 0 bridgehead atoms. The number of hydrogen-bond acceptors (Lipinski definition) is 3. The second kappa shape index (κ2) is 10.5. The molecule has 124 valence electrons. The summed E-state index contributed by atoms with van der Waals surface area (Å²) in [5.41, 5.74) is 8.64. The van der Waals surface area contributed by atoms with Crippen LogP contribution in [0.5, 0.6) is 5.75 Å². The number of nitrogens with two attached hydrogens (primary N) is 1. The fraction of sp³-hybridized carbons (Fsp3) is 0.588. The second-order valence-electron chi connectivity index (χ2n) is 5.40. The van der Waals surface area contributed by atoms with E-state index in [1.54, 1.807) is 0 Å². The number of unbranched alkanes of at least 4 members (excludes halogenated alkanes) is 1. The summed E-state index contributed by atoms with van der Waals surface area (Å²) in [6, 6.07) is 6.45. The highest BCUT2D eigenvalue weighted by molar-refractivity contribution is 6.17. The highest BCUT2D eigenvalue weighted by Gasteiger charge is 2.15. The van der Waals surface area contributed by atoms with Crippen LogP contribution in [0.25, 0.3) is 0 Å². The zero-order valence-electron chi connectivity index (χ0n) is 13.2. The molecular weight excluding hydrogens is 302 g/mol. The molecule has 1 aliphatic rings. The van der Waals surface area contributed by atoms with Crippen molar-refractivity contribution in [3.8, 4) is 5.75 Å². The number of benzene rings is 1. The number of carbonyl (C=O) groups is 1. The van der Waals surface area contributed by atoms with Crippen LogP contribution in [0, 0.1) is 0 Å². The Bertz CT molecular complexity index is 465. The van der Waals surface area contributed by atoms with Crippen molar-refractivity contribution in [1.82, 2.24) is 0 Å². The molecule has 22 heavy (non-hydrogen) atoms. The number of halogens is 1. The summed E-state index contributed by atoms with van der Waals surface area (Å²) < 4.78 is 5.66. The van der Waals surface area contributed by atoms with Crippen LogP contribution in [-0.4, -0.2) is 29.6 Å². The monoisotopic (exact) mass is 327 g/mol. The van der Waals surface area contributed by atoms with Gasteiger partial charge in [0.1, 0.15) is 5.75 Å².